The van der Waals surface area contributed by atoms with Crippen molar-refractivity contribution in [3.8, 4) is 11.5 Å². The summed E-state index contributed by atoms with van der Waals surface area (Å²) < 4.78 is 11.0. The molecule has 25 heavy (non-hydrogen) atoms. The minimum atomic E-state index is -0.290. The standard InChI is InChI=1S/C20H20N2O3/c1-15-18(22-20(25-15)17-9-3-2-4-10-17)13-19(23)24-12-6-8-16-7-5-11-21-14-16/h2-5,7,9-11,14H,6,8,12-13H2,1H3. The van der Waals surface area contributed by atoms with Crippen molar-refractivity contribution in [1.82, 2.24) is 9.97 Å². The fraction of sp³-hybridized carbons (Fsp3) is 0.250. The molecule has 0 aliphatic rings. The Bertz CT molecular complexity index is 813. The number of nitrogens with zero attached hydrogens (tertiary/aromatic N) is 2. The Morgan fingerprint density at radius 1 is 1.16 bits per heavy atom. The van der Waals surface area contributed by atoms with Gasteiger partial charge in [0.05, 0.1) is 18.7 Å². The quantitative estimate of drug-likeness (QED) is 0.485. The van der Waals surface area contributed by atoms with E-state index in [4.69, 9.17) is 9.15 Å². The number of oxazole rings is 1. The first-order valence-electron chi connectivity index (χ1n) is 8.28. The largest absolute Gasteiger partial charge is 0.465 e. The van der Waals surface area contributed by atoms with Gasteiger partial charge in [0.15, 0.2) is 0 Å². The number of benzene rings is 1. The van der Waals surface area contributed by atoms with Crippen molar-refractivity contribution < 1.29 is 13.9 Å². The number of hydrogen-bond acceptors (Lipinski definition) is 5. The van der Waals surface area contributed by atoms with Crippen molar-refractivity contribution in [2.75, 3.05) is 6.61 Å². The number of aryl methyl sites for hydroxylation is 2. The number of ether oxygens (including phenoxy) is 1. The van der Waals surface area contributed by atoms with E-state index in [0.29, 0.717) is 24.0 Å². The van der Waals surface area contributed by atoms with Crippen molar-refractivity contribution in [2.45, 2.75) is 26.2 Å². The van der Waals surface area contributed by atoms with Crippen LogP contribution in [0.4, 0.5) is 0 Å². The average Bonchev–Trinajstić information content (AvgIpc) is 3.01. The van der Waals surface area contributed by atoms with Crippen LogP contribution in [0.25, 0.3) is 11.5 Å². The molecule has 3 rings (SSSR count). The summed E-state index contributed by atoms with van der Waals surface area (Å²) in [6.07, 6.45) is 5.29. The first-order valence-corrected chi connectivity index (χ1v) is 8.28. The fourth-order valence-corrected chi connectivity index (χ4v) is 2.49. The second kappa shape index (κ2) is 8.24. The molecule has 0 saturated carbocycles. The highest BCUT2D eigenvalue weighted by Crippen LogP contribution is 2.21. The maximum absolute atomic E-state index is 12.0. The molecule has 0 spiro atoms. The molecule has 0 bridgehead atoms. The van der Waals surface area contributed by atoms with Gasteiger partial charge in [-0.3, -0.25) is 9.78 Å². The van der Waals surface area contributed by atoms with Gasteiger partial charge in [-0.1, -0.05) is 24.3 Å². The Balaban J connectivity index is 1.49. The van der Waals surface area contributed by atoms with Crippen molar-refractivity contribution in [3.05, 3.63) is 71.9 Å². The van der Waals surface area contributed by atoms with Gasteiger partial charge < -0.3 is 9.15 Å². The van der Waals surface area contributed by atoms with Gasteiger partial charge >= 0.3 is 5.97 Å². The highest BCUT2D eigenvalue weighted by Gasteiger charge is 2.15. The van der Waals surface area contributed by atoms with E-state index in [1.807, 2.05) is 55.6 Å². The lowest BCUT2D eigenvalue weighted by molar-refractivity contribution is -0.143. The van der Waals surface area contributed by atoms with Crippen LogP contribution in [-0.4, -0.2) is 22.5 Å². The maximum Gasteiger partial charge on any atom is 0.312 e. The Kier molecular flexibility index (Phi) is 5.57. The smallest absolute Gasteiger partial charge is 0.312 e. The van der Waals surface area contributed by atoms with E-state index in [1.165, 1.54) is 0 Å². The molecule has 0 atom stereocenters. The lowest BCUT2D eigenvalue weighted by atomic mass is 10.2. The number of pyridine rings is 1. The summed E-state index contributed by atoms with van der Waals surface area (Å²) in [7, 11) is 0. The first-order chi connectivity index (χ1) is 12.2. The van der Waals surface area contributed by atoms with Gasteiger partial charge in [0.2, 0.25) is 5.89 Å². The van der Waals surface area contributed by atoms with E-state index < -0.39 is 0 Å². The molecule has 0 N–H and O–H groups in total. The predicted octanol–water partition coefficient (Wildman–Crippen LogP) is 3.76. The summed E-state index contributed by atoms with van der Waals surface area (Å²) in [5.41, 5.74) is 2.65. The molecule has 0 fully saturated rings. The number of hydrogen-bond donors (Lipinski definition) is 0. The van der Waals surface area contributed by atoms with Crippen LogP contribution < -0.4 is 0 Å². The van der Waals surface area contributed by atoms with E-state index in [9.17, 15) is 4.79 Å². The Morgan fingerprint density at radius 3 is 2.76 bits per heavy atom. The zero-order valence-corrected chi connectivity index (χ0v) is 14.1. The Hall–Kier alpha value is -2.95. The lowest BCUT2D eigenvalue weighted by Gasteiger charge is -2.04. The summed E-state index contributed by atoms with van der Waals surface area (Å²) in [6, 6.07) is 13.5. The van der Waals surface area contributed by atoms with E-state index in [2.05, 4.69) is 9.97 Å². The molecule has 5 heteroatoms. The SMILES string of the molecule is Cc1oc(-c2ccccc2)nc1CC(=O)OCCCc1cccnc1. The molecular formula is C20H20N2O3. The molecule has 1 aromatic carbocycles. The van der Waals surface area contributed by atoms with Gasteiger partial charge in [-0.15, -0.1) is 0 Å². The number of esters is 1. The minimum Gasteiger partial charge on any atom is -0.465 e. The molecule has 0 aliphatic carbocycles. The van der Waals surface area contributed by atoms with Crippen molar-refractivity contribution in [2.24, 2.45) is 0 Å². The monoisotopic (exact) mass is 336 g/mol. The van der Waals surface area contributed by atoms with Crippen LogP contribution in [0.2, 0.25) is 0 Å². The van der Waals surface area contributed by atoms with Crippen LogP contribution in [0.5, 0.6) is 0 Å². The number of aromatic nitrogens is 2. The van der Waals surface area contributed by atoms with Crippen LogP contribution in [0.15, 0.2) is 59.3 Å². The van der Waals surface area contributed by atoms with Crippen LogP contribution >= 0.6 is 0 Å². The summed E-state index contributed by atoms with van der Waals surface area (Å²) in [6.45, 7) is 2.20. The molecule has 3 aromatic rings. The average molecular weight is 336 g/mol. The van der Waals surface area contributed by atoms with E-state index in [1.54, 1.807) is 6.20 Å². The van der Waals surface area contributed by atoms with Gasteiger partial charge in [-0.2, -0.15) is 0 Å². The molecule has 128 valence electrons. The third-order valence-electron chi connectivity index (χ3n) is 3.82. The van der Waals surface area contributed by atoms with Crippen LogP contribution in [0, 0.1) is 6.92 Å². The second-order valence-corrected chi connectivity index (χ2v) is 5.75. The van der Waals surface area contributed by atoms with Gasteiger partial charge in [0.1, 0.15) is 5.76 Å². The summed E-state index contributed by atoms with van der Waals surface area (Å²) in [4.78, 5) is 20.5. The first kappa shape index (κ1) is 16.9. The molecule has 0 aliphatic heterocycles. The minimum absolute atomic E-state index is 0.120. The van der Waals surface area contributed by atoms with E-state index in [-0.39, 0.29) is 12.4 Å². The number of carbonyl (C=O) groups is 1. The molecule has 2 heterocycles. The van der Waals surface area contributed by atoms with Crippen LogP contribution in [0.3, 0.4) is 0 Å². The summed E-state index contributed by atoms with van der Waals surface area (Å²) in [5.74, 6) is 0.880. The molecule has 5 nitrogen and oxygen atoms in total. The zero-order valence-electron chi connectivity index (χ0n) is 14.1. The third kappa shape index (κ3) is 4.76. The van der Waals surface area contributed by atoms with Gasteiger partial charge in [0, 0.05) is 18.0 Å². The van der Waals surface area contributed by atoms with Gasteiger partial charge in [0.25, 0.3) is 0 Å². The van der Waals surface area contributed by atoms with Crippen molar-refractivity contribution >= 4 is 5.97 Å². The Morgan fingerprint density at radius 2 is 2.00 bits per heavy atom. The topological polar surface area (TPSA) is 65.2 Å². The third-order valence-corrected chi connectivity index (χ3v) is 3.82. The lowest BCUT2D eigenvalue weighted by Crippen LogP contribution is -2.10. The van der Waals surface area contributed by atoms with E-state index in [0.717, 1.165) is 24.0 Å². The normalized spacial score (nSPS) is 10.6. The maximum atomic E-state index is 12.0. The van der Waals surface area contributed by atoms with Gasteiger partial charge in [-0.25, -0.2) is 4.98 Å². The molecule has 2 aromatic heterocycles. The number of carbonyl (C=O) groups excluding carboxylic acids is 1. The van der Waals surface area contributed by atoms with Crippen molar-refractivity contribution in [3.63, 3.8) is 0 Å². The molecule has 0 radical (unpaired) electrons. The molecular weight excluding hydrogens is 316 g/mol. The van der Waals surface area contributed by atoms with Crippen molar-refractivity contribution in [1.29, 1.82) is 0 Å². The second-order valence-electron chi connectivity index (χ2n) is 5.75. The molecule has 0 saturated heterocycles. The number of rotatable bonds is 7. The zero-order chi connectivity index (χ0) is 17.5. The van der Waals surface area contributed by atoms with E-state index >= 15 is 0 Å². The molecule has 0 unspecified atom stereocenters. The Labute approximate surface area is 146 Å². The summed E-state index contributed by atoms with van der Waals surface area (Å²) in [5, 5.41) is 0. The fourth-order valence-electron chi connectivity index (χ4n) is 2.49. The van der Waals surface area contributed by atoms with Gasteiger partial charge in [-0.05, 0) is 43.5 Å². The van der Waals surface area contributed by atoms with Crippen LogP contribution in [0.1, 0.15) is 23.4 Å². The summed E-state index contributed by atoms with van der Waals surface area (Å²) >= 11 is 0. The predicted molar refractivity (Wildman–Crippen MR) is 93.9 cm³/mol. The highest BCUT2D eigenvalue weighted by molar-refractivity contribution is 5.72. The van der Waals surface area contributed by atoms with Crippen LogP contribution in [-0.2, 0) is 22.4 Å². The highest BCUT2D eigenvalue weighted by atomic mass is 16.5. The molecule has 0 amide bonds.